The molecule has 2 atom stereocenters. The Kier molecular flexibility index (Phi) is 4.63. The van der Waals surface area contributed by atoms with Gasteiger partial charge in [-0.25, -0.2) is 8.42 Å². The Morgan fingerprint density at radius 2 is 1.94 bits per heavy atom. The van der Waals surface area contributed by atoms with Crippen molar-refractivity contribution in [2.24, 2.45) is 11.7 Å². The van der Waals surface area contributed by atoms with E-state index in [1.807, 2.05) is 0 Å². The molecule has 0 spiro atoms. The van der Waals surface area contributed by atoms with Gasteiger partial charge in [-0.3, -0.25) is 0 Å². The second kappa shape index (κ2) is 5.21. The van der Waals surface area contributed by atoms with E-state index in [1.54, 1.807) is 4.31 Å². The standard InChI is InChI=1S/C10H20N2O2S.ClH/c1-8-4-5-12(9(6-8)7-11)15(13,14)10-2-3-10;/h8-10H,2-7,11H2,1H3;1H. The molecule has 0 aromatic rings. The zero-order valence-corrected chi connectivity index (χ0v) is 11.3. The lowest BCUT2D eigenvalue weighted by molar-refractivity contribution is 0.211. The third kappa shape index (κ3) is 2.70. The summed E-state index contributed by atoms with van der Waals surface area (Å²) in [6.07, 6.45) is 3.57. The predicted molar refractivity (Wildman–Crippen MR) is 67.1 cm³/mol. The zero-order valence-electron chi connectivity index (χ0n) is 9.63. The minimum Gasteiger partial charge on any atom is -0.329 e. The molecular formula is C10H21ClN2O2S. The molecule has 2 fully saturated rings. The summed E-state index contributed by atoms with van der Waals surface area (Å²) in [5, 5.41) is -0.0973. The summed E-state index contributed by atoms with van der Waals surface area (Å²) in [4.78, 5) is 0. The highest BCUT2D eigenvalue weighted by Crippen LogP contribution is 2.35. The van der Waals surface area contributed by atoms with Gasteiger partial charge >= 0.3 is 0 Å². The minimum absolute atomic E-state index is 0. The molecule has 1 saturated heterocycles. The molecule has 0 radical (unpaired) electrons. The van der Waals surface area contributed by atoms with Gasteiger partial charge in [0.1, 0.15) is 0 Å². The van der Waals surface area contributed by atoms with Crippen LogP contribution in [0, 0.1) is 5.92 Å². The Labute approximate surface area is 104 Å². The molecule has 1 aliphatic heterocycles. The molecule has 0 amide bonds. The van der Waals surface area contributed by atoms with E-state index >= 15 is 0 Å². The molecule has 2 N–H and O–H groups in total. The van der Waals surface area contributed by atoms with Gasteiger partial charge in [0.15, 0.2) is 0 Å². The van der Waals surface area contributed by atoms with Crippen molar-refractivity contribution < 1.29 is 8.42 Å². The van der Waals surface area contributed by atoms with Gasteiger partial charge in [0.2, 0.25) is 10.0 Å². The lowest BCUT2D eigenvalue weighted by Gasteiger charge is -2.36. The van der Waals surface area contributed by atoms with Crippen LogP contribution in [0.5, 0.6) is 0 Å². The maximum atomic E-state index is 12.1. The van der Waals surface area contributed by atoms with Crippen LogP contribution in [0.15, 0.2) is 0 Å². The van der Waals surface area contributed by atoms with E-state index < -0.39 is 10.0 Å². The van der Waals surface area contributed by atoms with Gasteiger partial charge in [-0.1, -0.05) is 6.92 Å². The van der Waals surface area contributed by atoms with E-state index in [2.05, 4.69) is 6.92 Å². The summed E-state index contributed by atoms with van der Waals surface area (Å²) in [5.41, 5.74) is 5.67. The van der Waals surface area contributed by atoms with Crippen molar-refractivity contribution in [3.63, 3.8) is 0 Å². The predicted octanol–water partition coefficient (Wildman–Crippen LogP) is 0.960. The highest BCUT2D eigenvalue weighted by atomic mass is 35.5. The van der Waals surface area contributed by atoms with Gasteiger partial charge in [-0.15, -0.1) is 12.4 Å². The second-order valence-electron chi connectivity index (χ2n) is 4.87. The first-order valence-electron chi connectivity index (χ1n) is 5.76. The molecule has 16 heavy (non-hydrogen) atoms. The molecule has 0 bridgehead atoms. The first-order valence-corrected chi connectivity index (χ1v) is 7.26. The van der Waals surface area contributed by atoms with Crippen LogP contribution in [-0.2, 0) is 10.0 Å². The van der Waals surface area contributed by atoms with E-state index in [0.29, 0.717) is 19.0 Å². The van der Waals surface area contributed by atoms with Crippen LogP contribution in [0.3, 0.4) is 0 Å². The highest BCUT2D eigenvalue weighted by molar-refractivity contribution is 7.90. The number of hydrogen-bond donors (Lipinski definition) is 1. The monoisotopic (exact) mass is 268 g/mol. The van der Waals surface area contributed by atoms with Crippen molar-refractivity contribution in [2.75, 3.05) is 13.1 Å². The average molecular weight is 269 g/mol. The quantitative estimate of drug-likeness (QED) is 0.829. The molecule has 0 aromatic carbocycles. The van der Waals surface area contributed by atoms with E-state index in [-0.39, 0.29) is 23.7 Å². The van der Waals surface area contributed by atoms with E-state index in [0.717, 1.165) is 25.7 Å². The molecule has 1 aliphatic carbocycles. The third-order valence-electron chi connectivity index (χ3n) is 3.47. The van der Waals surface area contributed by atoms with Gasteiger partial charge in [0, 0.05) is 19.1 Å². The van der Waals surface area contributed by atoms with Crippen LogP contribution < -0.4 is 5.73 Å². The molecule has 6 heteroatoms. The summed E-state index contributed by atoms with van der Waals surface area (Å²) < 4.78 is 25.9. The maximum Gasteiger partial charge on any atom is 0.217 e. The van der Waals surface area contributed by atoms with Gasteiger partial charge in [0.05, 0.1) is 5.25 Å². The highest BCUT2D eigenvalue weighted by Gasteiger charge is 2.43. The molecule has 4 nitrogen and oxygen atoms in total. The van der Waals surface area contributed by atoms with E-state index in [9.17, 15) is 8.42 Å². The lowest BCUT2D eigenvalue weighted by atomic mass is 9.94. The molecule has 2 rings (SSSR count). The third-order valence-corrected chi connectivity index (χ3v) is 5.92. The van der Waals surface area contributed by atoms with Crippen molar-refractivity contribution >= 4 is 22.4 Å². The second-order valence-corrected chi connectivity index (χ2v) is 7.04. The normalized spacial score (nSPS) is 32.1. The molecule has 0 aromatic heterocycles. The largest absolute Gasteiger partial charge is 0.329 e. The van der Waals surface area contributed by atoms with Crippen LogP contribution in [0.2, 0.25) is 0 Å². The fraction of sp³-hybridized carbons (Fsp3) is 1.00. The Bertz CT molecular complexity index is 330. The Hall–Kier alpha value is 0.160. The smallest absolute Gasteiger partial charge is 0.217 e. The molecule has 1 heterocycles. The SMILES string of the molecule is CC1CCN(S(=O)(=O)C2CC2)C(CN)C1.Cl. The molecule has 96 valence electrons. The van der Waals surface area contributed by atoms with Crippen molar-refractivity contribution in [3.8, 4) is 0 Å². The lowest BCUT2D eigenvalue weighted by Crippen LogP contribution is -2.50. The van der Waals surface area contributed by atoms with Crippen LogP contribution in [0.4, 0.5) is 0 Å². The average Bonchev–Trinajstić information content (AvgIpc) is 3.00. The van der Waals surface area contributed by atoms with Crippen LogP contribution in [-0.4, -0.2) is 37.1 Å². The molecule has 2 unspecified atom stereocenters. The summed E-state index contributed by atoms with van der Waals surface area (Å²) in [6.45, 7) is 3.29. The topological polar surface area (TPSA) is 63.4 Å². The van der Waals surface area contributed by atoms with Crippen LogP contribution in [0.25, 0.3) is 0 Å². The van der Waals surface area contributed by atoms with Gasteiger partial charge in [-0.2, -0.15) is 4.31 Å². The molecular weight excluding hydrogens is 248 g/mol. The summed E-state index contributed by atoms with van der Waals surface area (Å²) >= 11 is 0. The number of hydrogen-bond acceptors (Lipinski definition) is 3. The Balaban J connectivity index is 0.00000128. The fourth-order valence-electron chi connectivity index (χ4n) is 2.34. The molecule has 2 aliphatic rings. The van der Waals surface area contributed by atoms with Crippen molar-refractivity contribution in [1.29, 1.82) is 0 Å². The number of rotatable bonds is 3. The Morgan fingerprint density at radius 3 is 2.44 bits per heavy atom. The van der Waals surface area contributed by atoms with Gasteiger partial charge < -0.3 is 5.73 Å². The summed E-state index contributed by atoms with van der Waals surface area (Å²) in [5.74, 6) is 0.601. The summed E-state index contributed by atoms with van der Waals surface area (Å²) in [7, 11) is -3.02. The van der Waals surface area contributed by atoms with Crippen molar-refractivity contribution in [1.82, 2.24) is 4.31 Å². The summed E-state index contributed by atoms with van der Waals surface area (Å²) in [6, 6.07) is 0.0411. The first kappa shape index (κ1) is 14.2. The fourth-order valence-corrected chi connectivity index (χ4v) is 4.40. The van der Waals surface area contributed by atoms with Gasteiger partial charge in [0.25, 0.3) is 0 Å². The molecule has 1 saturated carbocycles. The van der Waals surface area contributed by atoms with Gasteiger partial charge in [-0.05, 0) is 31.6 Å². The van der Waals surface area contributed by atoms with Crippen molar-refractivity contribution in [3.05, 3.63) is 0 Å². The van der Waals surface area contributed by atoms with E-state index in [4.69, 9.17) is 5.73 Å². The number of sulfonamides is 1. The maximum absolute atomic E-state index is 12.1. The van der Waals surface area contributed by atoms with Crippen molar-refractivity contribution in [2.45, 2.75) is 43.9 Å². The zero-order chi connectivity index (χ0) is 11.1. The van der Waals surface area contributed by atoms with Crippen LogP contribution >= 0.6 is 12.4 Å². The van der Waals surface area contributed by atoms with Crippen LogP contribution in [0.1, 0.15) is 32.6 Å². The number of nitrogens with zero attached hydrogens (tertiary/aromatic N) is 1. The van der Waals surface area contributed by atoms with E-state index in [1.165, 1.54) is 0 Å². The number of halogens is 1. The first-order chi connectivity index (χ1) is 7.05. The number of nitrogens with two attached hydrogens (primary N) is 1. The number of piperidine rings is 1. The minimum atomic E-state index is -3.02. The Morgan fingerprint density at radius 1 is 1.31 bits per heavy atom.